The molecule has 0 N–H and O–H groups in total. The van der Waals surface area contributed by atoms with Gasteiger partial charge in [-0.05, 0) is 36.1 Å². The van der Waals surface area contributed by atoms with E-state index in [-0.39, 0.29) is 0 Å². The topological polar surface area (TPSA) is 53.7 Å². The van der Waals surface area contributed by atoms with Gasteiger partial charge in [0.25, 0.3) is 0 Å². The van der Waals surface area contributed by atoms with Gasteiger partial charge in [-0.15, -0.1) is 11.8 Å². The quantitative estimate of drug-likeness (QED) is 0.593. The summed E-state index contributed by atoms with van der Waals surface area (Å²) in [5.74, 6) is 1.69. The van der Waals surface area contributed by atoms with Crippen LogP contribution in [-0.2, 0) is 0 Å². The van der Waals surface area contributed by atoms with Crippen molar-refractivity contribution in [1.29, 1.82) is 0 Å². The standard InChI is InChI=1S/C19H19NO4S/c1-21-16-9-13(10-17(22-2)19(16)23-3)18-15(11-24-20-18)12-5-7-14(25-4)8-6-12/h5-11H,1-4H3. The molecule has 1 heterocycles. The molecule has 3 aromatic rings. The number of nitrogens with zero attached hydrogens (tertiary/aromatic N) is 1. The monoisotopic (exact) mass is 357 g/mol. The highest BCUT2D eigenvalue weighted by molar-refractivity contribution is 7.98. The molecule has 1 aromatic heterocycles. The average molecular weight is 357 g/mol. The predicted octanol–water partition coefficient (Wildman–Crippen LogP) is 4.76. The van der Waals surface area contributed by atoms with Crippen molar-refractivity contribution in [3.63, 3.8) is 0 Å². The van der Waals surface area contributed by atoms with Crippen LogP contribution in [0.25, 0.3) is 22.4 Å². The van der Waals surface area contributed by atoms with Gasteiger partial charge in [-0.1, -0.05) is 17.3 Å². The highest BCUT2D eigenvalue weighted by Crippen LogP contribution is 2.42. The minimum atomic E-state index is 0.545. The van der Waals surface area contributed by atoms with E-state index in [0.717, 1.165) is 22.4 Å². The molecule has 0 fully saturated rings. The lowest BCUT2D eigenvalue weighted by molar-refractivity contribution is 0.324. The summed E-state index contributed by atoms with van der Waals surface area (Å²) in [4.78, 5) is 1.20. The zero-order chi connectivity index (χ0) is 17.8. The van der Waals surface area contributed by atoms with Crippen molar-refractivity contribution in [2.75, 3.05) is 27.6 Å². The molecular formula is C19H19NO4S. The molecule has 0 unspecified atom stereocenters. The smallest absolute Gasteiger partial charge is 0.203 e. The van der Waals surface area contributed by atoms with Crippen LogP contribution in [0.15, 0.2) is 52.1 Å². The molecule has 25 heavy (non-hydrogen) atoms. The van der Waals surface area contributed by atoms with Crippen molar-refractivity contribution in [2.24, 2.45) is 0 Å². The Morgan fingerprint density at radius 1 is 0.880 bits per heavy atom. The Bertz CT molecular complexity index is 833. The second kappa shape index (κ2) is 7.53. The first-order chi connectivity index (χ1) is 12.2. The zero-order valence-corrected chi connectivity index (χ0v) is 15.3. The van der Waals surface area contributed by atoms with E-state index in [4.69, 9.17) is 18.7 Å². The van der Waals surface area contributed by atoms with Crippen LogP contribution >= 0.6 is 11.8 Å². The van der Waals surface area contributed by atoms with E-state index in [1.807, 2.05) is 12.1 Å². The van der Waals surface area contributed by atoms with Gasteiger partial charge in [-0.3, -0.25) is 0 Å². The molecule has 0 atom stereocenters. The summed E-state index contributed by atoms with van der Waals surface area (Å²) < 4.78 is 21.5. The molecule has 0 aliphatic heterocycles. The van der Waals surface area contributed by atoms with Crippen LogP contribution in [0.5, 0.6) is 17.2 Å². The summed E-state index contributed by atoms with van der Waals surface area (Å²) in [5, 5.41) is 4.18. The number of rotatable bonds is 6. The summed E-state index contributed by atoms with van der Waals surface area (Å²) in [6.07, 6.45) is 3.70. The van der Waals surface area contributed by atoms with Gasteiger partial charge in [0.15, 0.2) is 11.5 Å². The van der Waals surface area contributed by atoms with E-state index in [1.165, 1.54) is 4.90 Å². The SMILES string of the molecule is COc1cc(-c2nocc2-c2ccc(SC)cc2)cc(OC)c1OC. The van der Waals surface area contributed by atoms with E-state index in [1.54, 1.807) is 39.4 Å². The number of hydrogen-bond acceptors (Lipinski definition) is 6. The van der Waals surface area contributed by atoms with Gasteiger partial charge in [0, 0.05) is 16.0 Å². The average Bonchev–Trinajstić information content (AvgIpc) is 3.16. The number of benzene rings is 2. The van der Waals surface area contributed by atoms with Gasteiger partial charge >= 0.3 is 0 Å². The Hall–Kier alpha value is -2.60. The fraction of sp³-hybridized carbons (Fsp3) is 0.211. The van der Waals surface area contributed by atoms with Crippen LogP contribution in [0, 0.1) is 0 Å². The lowest BCUT2D eigenvalue weighted by Crippen LogP contribution is -1.96. The molecule has 0 spiro atoms. The van der Waals surface area contributed by atoms with Crippen molar-refractivity contribution < 1.29 is 18.7 Å². The third kappa shape index (κ3) is 3.30. The van der Waals surface area contributed by atoms with Crippen molar-refractivity contribution >= 4 is 11.8 Å². The molecule has 5 nitrogen and oxygen atoms in total. The van der Waals surface area contributed by atoms with Gasteiger partial charge in [0.2, 0.25) is 5.75 Å². The van der Waals surface area contributed by atoms with Crippen LogP contribution in [0.3, 0.4) is 0 Å². The van der Waals surface area contributed by atoms with E-state index in [0.29, 0.717) is 17.2 Å². The first-order valence-corrected chi connectivity index (χ1v) is 8.83. The molecule has 0 radical (unpaired) electrons. The maximum absolute atomic E-state index is 5.43. The van der Waals surface area contributed by atoms with Crippen molar-refractivity contribution in [2.45, 2.75) is 4.90 Å². The molecule has 6 heteroatoms. The third-order valence-corrected chi connectivity index (χ3v) is 4.65. The fourth-order valence-electron chi connectivity index (χ4n) is 2.64. The second-order valence-corrected chi connectivity index (χ2v) is 6.10. The third-order valence-electron chi connectivity index (χ3n) is 3.91. The maximum Gasteiger partial charge on any atom is 0.203 e. The Balaban J connectivity index is 2.10. The summed E-state index contributed by atoms with van der Waals surface area (Å²) in [6, 6.07) is 12.0. The number of hydrogen-bond donors (Lipinski definition) is 0. The number of ether oxygens (including phenoxy) is 3. The van der Waals surface area contributed by atoms with Crippen LogP contribution in [0.2, 0.25) is 0 Å². The molecule has 0 saturated heterocycles. The highest BCUT2D eigenvalue weighted by atomic mass is 32.2. The van der Waals surface area contributed by atoms with Gasteiger partial charge < -0.3 is 18.7 Å². The van der Waals surface area contributed by atoms with E-state index < -0.39 is 0 Å². The number of methoxy groups -OCH3 is 3. The Kier molecular flexibility index (Phi) is 5.19. The minimum Gasteiger partial charge on any atom is -0.493 e. The van der Waals surface area contributed by atoms with Crippen molar-refractivity contribution in [1.82, 2.24) is 5.16 Å². The summed E-state index contributed by atoms with van der Waals surface area (Å²) >= 11 is 1.70. The Morgan fingerprint density at radius 3 is 2.04 bits per heavy atom. The summed E-state index contributed by atoms with van der Waals surface area (Å²) in [7, 11) is 4.76. The molecule has 130 valence electrons. The van der Waals surface area contributed by atoms with Gasteiger partial charge in [-0.25, -0.2) is 0 Å². The normalized spacial score (nSPS) is 10.6. The summed E-state index contributed by atoms with van der Waals surface area (Å²) in [6.45, 7) is 0. The lowest BCUT2D eigenvalue weighted by Gasteiger charge is -2.13. The summed E-state index contributed by atoms with van der Waals surface area (Å²) in [5.41, 5.74) is 3.48. The van der Waals surface area contributed by atoms with Crippen LogP contribution < -0.4 is 14.2 Å². The van der Waals surface area contributed by atoms with Gasteiger partial charge in [0.05, 0.1) is 21.3 Å². The first-order valence-electron chi connectivity index (χ1n) is 7.61. The number of thioether (sulfide) groups is 1. The molecular weight excluding hydrogens is 338 g/mol. The van der Waals surface area contributed by atoms with Crippen molar-refractivity contribution in [3.8, 4) is 39.6 Å². The van der Waals surface area contributed by atoms with Gasteiger partial charge in [-0.2, -0.15) is 0 Å². The Labute approximate surface area is 150 Å². The lowest BCUT2D eigenvalue weighted by atomic mass is 10.0. The predicted molar refractivity (Wildman–Crippen MR) is 98.8 cm³/mol. The maximum atomic E-state index is 5.43. The van der Waals surface area contributed by atoms with Crippen LogP contribution in [-0.4, -0.2) is 32.7 Å². The zero-order valence-electron chi connectivity index (χ0n) is 14.5. The van der Waals surface area contributed by atoms with Gasteiger partial charge in [0.1, 0.15) is 12.0 Å². The fourth-order valence-corrected chi connectivity index (χ4v) is 3.05. The first kappa shape index (κ1) is 17.2. The highest BCUT2D eigenvalue weighted by Gasteiger charge is 2.18. The van der Waals surface area contributed by atoms with Crippen LogP contribution in [0.1, 0.15) is 0 Å². The van der Waals surface area contributed by atoms with Crippen LogP contribution in [0.4, 0.5) is 0 Å². The molecule has 3 rings (SSSR count). The van der Waals surface area contributed by atoms with E-state index in [9.17, 15) is 0 Å². The Morgan fingerprint density at radius 2 is 1.52 bits per heavy atom. The molecule has 0 amide bonds. The molecule has 0 bridgehead atoms. The van der Waals surface area contributed by atoms with E-state index in [2.05, 4.69) is 35.7 Å². The largest absolute Gasteiger partial charge is 0.493 e. The van der Waals surface area contributed by atoms with E-state index >= 15 is 0 Å². The molecule has 2 aromatic carbocycles. The molecule has 0 aliphatic rings. The minimum absolute atomic E-state index is 0.545. The van der Waals surface area contributed by atoms with Crippen molar-refractivity contribution in [3.05, 3.63) is 42.7 Å². The second-order valence-electron chi connectivity index (χ2n) is 5.22. The molecule has 0 aliphatic carbocycles. The number of aromatic nitrogens is 1. The molecule has 0 saturated carbocycles.